The van der Waals surface area contributed by atoms with E-state index in [0.717, 1.165) is 16.7 Å². The van der Waals surface area contributed by atoms with Gasteiger partial charge in [-0.2, -0.15) is 0 Å². The molecule has 9 heteroatoms. The molecule has 2 rings (SSSR count). The molecule has 1 aliphatic heterocycles. The Morgan fingerprint density at radius 2 is 2.00 bits per heavy atom. The normalized spacial score (nSPS) is 23.6. The molecule has 0 aromatic carbocycles. The predicted octanol–water partition coefficient (Wildman–Crippen LogP) is -0.696. The fraction of sp³-hybridized carbons (Fsp3) is 0.636. The first-order valence-electron chi connectivity index (χ1n) is 6.10. The maximum absolute atomic E-state index is 12.8. The highest BCUT2D eigenvalue weighted by atomic mass is 32.2. The minimum absolute atomic E-state index is 0.140. The van der Waals surface area contributed by atoms with Gasteiger partial charge >= 0.3 is 0 Å². The van der Waals surface area contributed by atoms with Gasteiger partial charge in [-0.15, -0.1) is 0 Å². The van der Waals surface area contributed by atoms with Crippen LogP contribution in [0.25, 0.3) is 0 Å². The van der Waals surface area contributed by atoms with Crippen molar-refractivity contribution in [2.75, 3.05) is 37.8 Å². The zero-order valence-corrected chi connectivity index (χ0v) is 12.1. The number of aromatic nitrogens is 2. The van der Waals surface area contributed by atoms with Crippen molar-refractivity contribution in [2.45, 2.75) is 6.10 Å². The highest BCUT2D eigenvalue weighted by Gasteiger charge is 2.36. The maximum Gasteiger partial charge on any atom is 0.225 e. The summed E-state index contributed by atoms with van der Waals surface area (Å²) in [7, 11) is -0.469. The topological polar surface area (TPSA) is 86.6 Å². The van der Waals surface area contributed by atoms with E-state index in [2.05, 4.69) is 9.97 Å². The Labute approximate surface area is 117 Å². The number of anilines is 1. The van der Waals surface area contributed by atoms with Crippen LogP contribution in [0.3, 0.4) is 0 Å². The van der Waals surface area contributed by atoms with E-state index >= 15 is 0 Å². The Balaban J connectivity index is 2.07. The summed E-state index contributed by atoms with van der Waals surface area (Å²) in [4.78, 5) is 9.31. The first-order chi connectivity index (χ1) is 9.29. The Morgan fingerprint density at radius 3 is 2.55 bits per heavy atom. The highest BCUT2D eigenvalue weighted by Crippen LogP contribution is 2.22. The molecule has 1 saturated heterocycles. The molecule has 0 amide bonds. The number of rotatable bonds is 4. The number of hydrogen-bond acceptors (Lipinski definition) is 6. The molecule has 1 fully saturated rings. The van der Waals surface area contributed by atoms with Gasteiger partial charge in [-0.25, -0.2) is 27.1 Å². The highest BCUT2D eigenvalue weighted by molar-refractivity contribution is 7.89. The molecule has 1 aromatic heterocycles. The Morgan fingerprint density at radius 1 is 1.40 bits per heavy atom. The van der Waals surface area contributed by atoms with E-state index in [1.165, 1.54) is 14.1 Å². The number of aliphatic hydroxyl groups excluding tert-OH is 1. The molecule has 0 unspecified atom stereocenters. The monoisotopic (exact) mass is 304 g/mol. The van der Waals surface area contributed by atoms with E-state index in [1.807, 2.05) is 0 Å². The van der Waals surface area contributed by atoms with E-state index < -0.39 is 27.9 Å². The maximum atomic E-state index is 12.8. The van der Waals surface area contributed by atoms with Crippen molar-refractivity contribution in [1.29, 1.82) is 0 Å². The molecule has 0 saturated carbocycles. The third-order valence-corrected chi connectivity index (χ3v) is 5.24. The molecule has 20 heavy (non-hydrogen) atoms. The van der Waals surface area contributed by atoms with Crippen LogP contribution in [0, 0.1) is 11.7 Å². The van der Waals surface area contributed by atoms with Crippen LogP contribution in [0.2, 0.25) is 0 Å². The van der Waals surface area contributed by atoms with Crippen LogP contribution in [0.15, 0.2) is 12.4 Å². The molecule has 0 radical (unpaired) electrons. The predicted molar refractivity (Wildman–Crippen MR) is 71.2 cm³/mol. The van der Waals surface area contributed by atoms with Crippen LogP contribution in [-0.2, 0) is 10.0 Å². The molecule has 0 spiro atoms. The lowest BCUT2D eigenvalue weighted by Gasteiger charge is -2.17. The lowest BCUT2D eigenvalue weighted by atomic mass is 10.1. The van der Waals surface area contributed by atoms with Gasteiger partial charge in [0, 0.05) is 33.1 Å². The van der Waals surface area contributed by atoms with Crippen molar-refractivity contribution < 1.29 is 17.9 Å². The van der Waals surface area contributed by atoms with Crippen LogP contribution in [-0.4, -0.2) is 66.8 Å². The van der Waals surface area contributed by atoms with Crippen molar-refractivity contribution in [1.82, 2.24) is 14.3 Å². The van der Waals surface area contributed by atoms with E-state index in [4.69, 9.17) is 0 Å². The third kappa shape index (κ3) is 3.22. The smallest absolute Gasteiger partial charge is 0.225 e. The van der Waals surface area contributed by atoms with Gasteiger partial charge in [0.1, 0.15) is 0 Å². The summed E-state index contributed by atoms with van der Waals surface area (Å²) in [6, 6.07) is 0. The van der Waals surface area contributed by atoms with Crippen molar-refractivity contribution >= 4 is 16.0 Å². The number of hydrogen-bond donors (Lipinski definition) is 1. The zero-order chi connectivity index (χ0) is 14.9. The molecule has 2 atom stereocenters. The second kappa shape index (κ2) is 5.58. The minimum Gasteiger partial charge on any atom is -0.391 e. The lowest BCUT2D eigenvalue weighted by Crippen LogP contribution is -2.33. The van der Waals surface area contributed by atoms with Crippen molar-refractivity contribution in [3.05, 3.63) is 18.2 Å². The zero-order valence-electron chi connectivity index (χ0n) is 11.3. The molecule has 1 N–H and O–H groups in total. The second-order valence-corrected chi connectivity index (χ2v) is 7.22. The van der Waals surface area contributed by atoms with Gasteiger partial charge in [0.2, 0.25) is 16.0 Å². The van der Waals surface area contributed by atoms with Crippen LogP contribution in [0.4, 0.5) is 10.3 Å². The molecule has 2 heterocycles. The Kier molecular flexibility index (Phi) is 4.21. The van der Waals surface area contributed by atoms with E-state index in [9.17, 15) is 17.9 Å². The molecule has 0 aliphatic carbocycles. The average molecular weight is 304 g/mol. The van der Waals surface area contributed by atoms with Crippen LogP contribution < -0.4 is 4.90 Å². The Bertz CT molecular complexity index is 564. The number of nitrogens with zero attached hydrogens (tertiary/aromatic N) is 4. The van der Waals surface area contributed by atoms with Crippen LogP contribution in [0.5, 0.6) is 0 Å². The number of sulfonamides is 1. The van der Waals surface area contributed by atoms with Crippen LogP contribution >= 0.6 is 0 Å². The molecular formula is C11H17FN4O3S. The summed E-state index contributed by atoms with van der Waals surface area (Å²) in [5, 5.41) is 9.97. The quantitative estimate of drug-likeness (QED) is 0.792. The summed E-state index contributed by atoms with van der Waals surface area (Å²) in [5.41, 5.74) is 0. The summed E-state index contributed by atoms with van der Waals surface area (Å²) < 4.78 is 37.6. The molecule has 1 aliphatic rings. The second-order valence-electron chi connectivity index (χ2n) is 4.99. The first-order valence-corrected chi connectivity index (χ1v) is 7.71. The number of aliphatic hydroxyl groups is 1. The van der Waals surface area contributed by atoms with Crippen LogP contribution in [0.1, 0.15) is 0 Å². The summed E-state index contributed by atoms with van der Waals surface area (Å²) in [5.74, 6) is -0.815. The molecular weight excluding hydrogens is 287 g/mol. The SMILES string of the molecule is CN(C)S(=O)(=O)C[C@@H]1CN(c2ncc(F)cn2)C[C@@H]1O. The third-order valence-electron chi connectivity index (χ3n) is 3.28. The van der Waals surface area contributed by atoms with Gasteiger partial charge < -0.3 is 10.0 Å². The molecule has 7 nitrogen and oxygen atoms in total. The van der Waals surface area contributed by atoms with Crippen molar-refractivity contribution in [3.63, 3.8) is 0 Å². The first kappa shape index (κ1) is 15.1. The Hall–Kier alpha value is -1.32. The van der Waals surface area contributed by atoms with Gasteiger partial charge in [-0.05, 0) is 0 Å². The summed E-state index contributed by atoms with van der Waals surface area (Å²) in [6.45, 7) is 0.555. The van der Waals surface area contributed by atoms with Gasteiger partial charge in [-0.3, -0.25) is 0 Å². The standard InChI is InChI=1S/C11H17FN4O3S/c1-15(2)20(18,19)7-8-5-16(6-10(8)17)11-13-3-9(12)4-14-11/h3-4,8,10,17H,5-7H2,1-2H3/t8-,10-/m0/s1. The molecule has 0 bridgehead atoms. The number of β-amino-alcohol motifs (C(OH)–C–C–N with tert-alkyl or cyclic N) is 1. The van der Waals surface area contributed by atoms with E-state index in [0.29, 0.717) is 6.54 Å². The van der Waals surface area contributed by atoms with Crippen molar-refractivity contribution in [2.24, 2.45) is 5.92 Å². The largest absolute Gasteiger partial charge is 0.391 e. The van der Waals surface area contributed by atoms with Gasteiger partial charge in [-0.1, -0.05) is 0 Å². The van der Waals surface area contributed by atoms with E-state index in [1.54, 1.807) is 4.90 Å². The van der Waals surface area contributed by atoms with Crippen molar-refractivity contribution in [3.8, 4) is 0 Å². The fourth-order valence-electron chi connectivity index (χ4n) is 2.07. The van der Waals surface area contributed by atoms with Gasteiger partial charge in [0.25, 0.3) is 0 Å². The van der Waals surface area contributed by atoms with E-state index in [-0.39, 0.29) is 18.2 Å². The number of halogens is 1. The van der Waals surface area contributed by atoms with Gasteiger partial charge in [0.15, 0.2) is 5.82 Å². The summed E-state index contributed by atoms with van der Waals surface area (Å²) in [6.07, 6.45) is 1.30. The average Bonchev–Trinajstić information content (AvgIpc) is 2.71. The molecule has 112 valence electrons. The fourth-order valence-corrected chi connectivity index (χ4v) is 3.24. The molecule has 1 aromatic rings. The minimum atomic E-state index is -3.38. The van der Waals surface area contributed by atoms with Gasteiger partial charge in [0.05, 0.1) is 24.3 Å². The lowest BCUT2D eigenvalue weighted by molar-refractivity contribution is 0.157. The summed E-state index contributed by atoms with van der Waals surface area (Å²) >= 11 is 0.